The molecule has 2 amide bonds. The number of nitrogens with one attached hydrogen (secondary N) is 2. The van der Waals surface area contributed by atoms with Crippen LogP contribution in [0.4, 0.5) is 5.69 Å². The fourth-order valence-corrected chi connectivity index (χ4v) is 5.21. The van der Waals surface area contributed by atoms with Crippen LogP contribution in [0.1, 0.15) is 43.2 Å². The molecule has 2 aromatic carbocycles. The number of anilines is 1. The molecule has 2 atom stereocenters. The van der Waals surface area contributed by atoms with Gasteiger partial charge in [-0.25, -0.2) is 0 Å². The van der Waals surface area contributed by atoms with Crippen LogP contribution >= 0.6 is 0 Å². The fraction of sp³-hybridized carbons (Fsp3) is 0.440. The summed E-state index contributed by atoms with van der Waals surface area (Å²) >= 11 is 0. The van der Waals surface area contributed by atoms with Crippen molar-refractivity contribution in [2.24, 2.45) is 0 Å². The molecule has 2 aliphatic heterocycles. The summed E-state index contributed by atoms with van der Waals surface area (Å²) in [6, 6.07) is 13.8. The third-order valence-corrected chi connectivity index (χ3v) is 6.57. The van der Waals surface area contributed by atoms with E-state index in [-0.39, 0.29) is 23.3 Å². The van der Waals surface area contributed by atoms with E-state index < -0.39 is 0 Å². The second kappa shape index (κ2) is 9.20. The minimum absolute atomic E-state index is 0.0911. The van der Waals surface area contributed by atoms with Gasteiger partial charge in [-0.3, -0.25) is 14.5 Å². The van der Waals surface area contributed by atoms with Crippen molar-refractivity contribution in [3.63, 3.8) is 0 Å². The summed E-state index contributed by atoms with van der Waals surface area (Å²) in [6.45, 7) is 3.74. The maximum Gasteiger partial charge on any atom is 0.221 e. The standard InChI is InChI=1S/C25H31N3O4/c1-17(29)26-19-11-9-18(10-12-19)21-15-28(16-25(21)13-5-8-24(30)27-25)14-20-22(31-2)6-4-7-23(20)32-3/h4,6-7,9-12,21H,5,8,13-16H2,1-3H3,(H,26,29)(H,27,30)/t21-,25+/m0/s1. The fourth-order valence-electron chi connectivity index (χ4n) is 5.21. The van der Waals surface area contributed by atoms with Crippen molar-refractivity contribution in [2.75, 3.05) is 32.6 Å². The molecule has 0 radical (unpaired) electrons. The molecule has 2 N–H and O–H groups in total. The topological polar surface area (TPSA) is 79.9 Å². The zero-order chi connectivity index (χ0) is 22.7. The first-order valence-electron chi connectivity index (χ1n) is 11.0. The Kier molecular flexibility index (Phi) is 6.37. The third kappa shape index (κ3) is 4.43. The van der Waals surface area contributed by atoms with E-state index in [0.717, 1.165) is 54.2 Å². The highest BCUT2D eigenvalue weighted by Crippen LogP contribution is 2.43. The van der Waals surface area contributed by atoms with Crippen LogP contribution in [0.25, 0.3) is 0 Å². The minimum Gasteiger partial charge on any atom is -0.496 e. The number of rotatable bonds is 6. The maximum absolute atomic E-state index is 12.4. The second-order valence-corrected chi connectivity index (χ2v) is 8.72. The van der Waals surface area contributed by atoms with Gasteiger partial charge >= 0.3 is 0 Å². The molecule has 2 aromatic rings. The Morgan fingerprint density at radius 1 is 1.16 bits per heavy atom. The van der Waals surface area contributed by atoms with Crippen molar-refractivity contribution in [1.29, 1.82) is 0 Å². The molecule has 7 heteroatoms. The number of ether oxygens (including phenoxy) is 2. The molecule has 2 heterocycles. The van der Waals surface area contributed by atoms with Gasteiger partial charge < -0.3 is 20.1 Å². The normalized spacial score (nSPS) is 23.1. The van der Waals surface area contributed by atoms with Gasteiger partial charge in [0.1, 0.15) is 11.5 Å². The van der Waals surface area contributed by atoms with E-state index in [0.29, 0.717) is 13.0 Å². The first-order chi connectivity index (χ1) is 15.4. The largest absolute Gasteiger partial charge is 0.496 e. The van der Waals surface area contributed by atoms with E-state index in [4.69, 9.17) is 9.47 Å². The van der Waals surface area contributed by atoms with Gasteiger partial charge in [0.2, 0.25) is 11.8 Å². The Bertz CT molecular complexity index is 969. The van der Waals surface area contributed by atoms with Crippen molar-refractivity contribution >= 4 is 17.5 Å². The molecule has 32 heavy (non-hydrogen) atoms. The number of piperidine rings is 1. The number of nitrogens with zero attached hydrogens (tertiary/aromatic N) is 1. The molecule has 0 aliphatic carbocycles. The average Bonchev–Trinajstić information content (AvgIpc) is 3.10. The molecule has 7 nitrogen and oxygen atoms in total. The van der Waals surface area contributed by atoms with E-state index in [2.05, 4.69) is 27.7 Å². The smallest absolute Gasteiger partial charge is 0.221 e. The Labute approximate surface area is 189 Å². The Balaban J connectivity index is 1.63. The Morgan fingerprint density at radius 2 is 1.84 bits per heavy atom. The van der Waals surface area contributed by atoms with Crippen LogP contribution in [0.5, 0.6) is 11.5 Å². The third-order valence-electron chi connectivity index (χ3n) is 6.57. The van der Waals surface area contributed by atoms with E-state index in [1.807, 2.05) is 30.3 Å². The highest BCUT2D eigenvalue weighted by molar-refractivity contribution is 5.88. The van der Waals surface area contributed by atoms with Gasteiger partial charge in [-0.15, -0.1) is 0 Å². The second-order valence-electron chi connectivity index (χ2n) is 8.72. The number of hydrogen-bond donors (Lipinski definition) is 2. The minimum atomic E-state index is -0.305. The van der Waals surface area contributed by atoms with Gasteiger partial charge in [0.05, 0.1) is 25.3 Å². The first kappa shape index (κ1) is 22.1. The number of carbonyl (C=O) groups excluding carboxylic acids is 2. The van der Waals surface area contributed by atoms with Crippen LogP contribution in [0, 0.1) is 0 Å². The Hall–Kier alpha value is -3.06. The molecule has 0 saturated carbocycles. The Morgan fingerprint density at radius 3 is 2.44 bits per heavy atom. The SMILES string of the molecule is COc1cccc(OC)c1CN1C[C@@H](c2ccc(NC(C)=O)cc2)[C@@]2(CCCC(=O)N2)C1. The number of amides is 2. The van der Waals surface area contributed by atoms with E-state index in [9.17, 15) is 9.59 Å². The summed E-state index contributed by atoms with van der Waals surface area (Å²) in [5.41, 5.74) is 2.64. The zero-order valence-electron chi connectivity index (χ0n) is 18.9. The van der Waals surface area contributed by atoms with Gasteiger partial charge in [-0.1, -0.05) is 18.2 Å². The first-order valence-corrected chi connectivity index (χ1v) is 11.0. The number of carbonyl (C=O) groups is 2. The van der Waals surface area contributed by atoms with Crippen molar-refractivity contribution in [2.45, 2.75) is 44.2 Å². The molecule has 0 aromatic heterocycles. The quantitative estimate of drug-likeness (QED) is 0.725. The van der Waals surface area contributed by atoms with E-state index >= 15 is 0 Å². The lowest BCUT2D eigenvalue weighted by molar-refractivity contribution is -0.125. The van der Waals surface area contributed by atoms with Crippen molar-refractivity contribution in [3.8, 4) is 11.5 Å². The molecular formula is C25H31N3O4. The van der Waals surface area contributed by atoms with Crippen LogP contribution in [0.3, 0.4) is 0 Å². The number of likely N-dealkylation sites (tertiary alicyclic amines) is 1. The highest BCUT2D eigenvalue weighted by atomic mass is 16.5. The van der Waals surface area contributed by atoms with Crippen LogP contribution in [0.15, 0.2) is 42.5 Å². The molecule has 2 aliphatic rings. The zero-order valence-corrected chi connectivity index (χ0v) is 18.9. The lowest BCUT2D eigenvalue weighted by Crippen LogP contribution is -2.56. The summed E-state index contributed by atoms with van der Waals surface area (Å²) in [4.78, 5) is 26.2. The lowest BCUT2D eigenvalue weighted by Gasteiger charge is -2.39. The molecule has 0 bridgehead atoms. The molecule has 0 unspecified atom stereocenters. The predicted octanol–water partition coefficient (Wildman–Crippen LogP) is 3.30. The monoisotopic (exact) mass is 437 g/mol. The van der Waals surface area contributed by atoms with Gasteiger partial charge in [0.25, 0.3) is 0 Å². The summed E-state index contributed by atoms with van der Waals surface area (Å²) < 4.78 is 11.2. The van der Waals surface area contributed by atoms with Crippen LogP contribution < -0.4 is 20.1 Å². The average molecular weight is 438 g/mol. The number of benzene rings is 2. The summed E-state index contributed by atoms with van der Waals surface area (Å²) in [6.07, 6.45) is 2.41. The summed E-state index contributed by atoms with van der Waals surface area (Å²) in [5, 5.41) is 6.17. The van der Waals surface area contributed by atoms with Gasteiger partial charge in [-0.2, -0.15) is 0 Å². The molecular weight excluding hydrogens is 406 g/mol. The number of hydrogen-bond acceptors (Lipinski definition) is 5. The predicted molar refractivity (Wildman–Crippen MR) is 123 cm³/mol. The van der Waals surface area contributed by atoms with Crippen LogP contribution in [-0.2, 0) is 16.1 Å². The van der Waals surface area contributed by atoms with E-state index in [1.165, 1.54) is 6.92 Å². The van der Waals surface area contributed by atoms with Crippen LogP contribution in [-0.4, -0.2) is 49.6 Å². The van der Waals surface area contributed by atoms with Crippen molar-refractivity contribution < 1.29 is 19.1 Å². The number of methoxy groups -OCH3 is 2. The lowest BCUT2D eigenvalue weighted by atomic mass is 9.76. The van der Waals surface area contributed by atoms with Crippen LogP contribution in [0.2, 0.25) is 0 Å². The summed E-state index contributed by atoms with van der Waals surface area (Å²) in [5.74, 6) is 1.78. The summed E-state index contributed by atoms with van der Waals surface area (Å²) in [7, 11) is 3.34. The van der Waals surface area contributed by atoms with E-state index in [1.54, 1.807) is 14.2 Å². The van der Waals surface area contributed by atoms with Crippen molar-refractivity contribution in [3.05, 3.63) is 53.6 Å². The van der Waals surface area contributed by atoms with Gasteiger partial charge in [0, 0.05) is 44.6 Å². The molecule has 2 fully saturated rings. The maximum atomic E-state index is 12.4. The highest BCUT2D eigenvalue weighted by Gasteiger charge is 2.49. The molecule has 2 saturated heterocycles. The molecule has 170 valence electrons. The molecule has 4 rings (SSSR count). The van der Waals surface area contributed by atoms with Gasteiger partial charge in [-0.05, 0) is 42.7 Å². The van der Waals surface area contributed by atoms with Crippen molar-refractivity contribution in [1.82, 2.24) is 10.2 Å². The van der Waals surface area contributed by atoms with Gasteiger partial charge in [0.15, 0.2) is 0 Å². The molecule has 1 spiro atoms.